The van der Waals surface area contributed by atoms with Crippen LogP contribution in [0.2, 0.25) is 5.02 Å². The Bertz CT molecular complexity index is 1360. The number of carbonyl (C=O) groups is 1. The average Bonchev–Trinajstić information content (AvgIpc) is 2.67. The van der Waals surface area contributed by atoms with E-state index in [2.05, 4.69) is 10.0 Å². The molecule has 3 aromatic carbocycles. The van der Waals surface area contributed by atoms with Crippen molar-refractivity contribution in [3.63, 3.8) is 0 Å². The van der Waals surface area contributed by atoms with Crippen molar-refractivity contribution in [3.8, 4) is 0 Å². The molecular weight excluding hydrogens is 467 g/mol. The summed E-state index contributed by atoms with van der Waals surface area (Å²) >= 11 is 5.88. The highest BCUT2D eigenvalue weighted by molar-refractivity contribution is 7.92. The van der Waals surface area contributed by atoms with Crippen molar-refractivity contribution in [2.75, 3.05) is 16.3 Å². The Hall–Kier alpha value is -2.95. The number of sulfonamides is 1. The van der Waals surface area contributed by atoms with E-state index in [1.54, 1.807) is 0 Å². The van der Waals surface area contributed by atoms with Crippen molar-refractivity contribution in [3.05, 3.63) is 83.1 Å². The summed E-state index contributed by atoms with van der Waals surface area (Å²) in [6.07, 6.45) is 0.979. The molecule has 0 aromatic heterocycles. The lowest BCUT2D eigenvalue weighted by molar-refractivity contribution is 0.102. The van der Waals surface area contributed by atoms with E-state index in [9.17, 15) is 26.0 Å². The molecule has 0 spiro atoms. The van der Waals surface area contributed by atoms with Crippen LogP contribution in [0.5, 0.6) is 0 Å². The molecule has 7 nitrogen and oxygen atoms in total. The minimum atomic E-state index is -3.96. The molecule has 0 aliphatic carbocycles. The van der Waals surface area contributed by atoms with Gasteiger partial charge in [0.2, 0.25) is 0 Å². The van der Waals surface area contributed by atoms with E-state index < -0.39 is 31.6 Å². The van der Waals surface area contributed by atoms with Gasteiger partial charge in [-0.2, -0.15) is 0 Å². The molecule has 0 atom stereocenters. The summed E-state index contributed by atoms with van der Waals surface area (Å²) in [4.78, 5) is 12.2. The summed E-state index contributed by atoms with van der Waals surface area (Å²) in [6.45, 7) is 0. The van der Waals surface area contributed by atoms with Gasteiger partial charge in [0, 0.05) is 17.5 Å². The molecule has 0 radical (unpaired) electrons. The van der Waals surface area contributed by atoms with E-state index >= 15 is 0 Å². The van der Waals surface area contributed by atoms with Gasteiger partial charge in [0.05, 0.1) is 20.5 Å². The van der Waals surface area contributed by atoms with E-state index in [1.165, 1.54) is 54.6 Å². The van der Waals surface area contributed by atoms with Gasteiger partial charge in [0.1, 0.15) is 5.82 Å². The minimum Gasteiger partial charge on any atom is -0.322 e. The molecule has 11 heteroatoms. The molecule has 2 N–H and O–H groups in total. The Labute approximate surface area is 183 Å². The summed E-state index contributed by atoms with van der Waals surface area (Å²) in [5, 5.41) is 2.55. The lowest BCUT2D eigenvalue weighted by Gasteiger charge is -2.10. The van der Waals surface area contributed by atoms with Crippen LogP contribution in [0.15, 0.2) is 76.5 Å². The first kappa shape index (κ1) is 22.7. The molecule has 1 amide bonds. The standard InChI is InChI=1S/C20H16ClFN2O5S2/c1-30(26,27)19-11-13(5-10-18(19)21)20(25)23-15-6-8-17(9-7-15)31(28,29)24-16-4-2-3-14(22)12-16/h2-12,24H,1H3,(H,23,25). The first-order chi connectivity index (χ1) is 14.5. The molecular formula is C20H16ClFN2O5S2. The van der Waals surface area contributed by atoms with E-state index in [1.807, 2.05) is 0 Å². The van der Waals surface area contributed by atoms with Gasteiger partial charge in [0.25, 0.3) is 15.9 Å². The first-order valence-corrected chi connectivity index (χ1v) is 12.4. The average molecular weight is 483 g/mol. The molecule has 3 rings (SSSR count). The second kappa shape index (κ2) is 8.66. The maximum atomic E-state index is 13.3. The van der Waals surface area contributed by atoms with Gasteiger partial charge in [-0.1, -0.05) is 17.7 Å². The largest absolute Gasteiger partial charge is 0.322 e. The van der Waals surface area contributed by atoms with Crippen LogP contribution < -0.4 is 10.0 Å². The highest BCUT2D eigenvalue weighted by Gasteiger charge is 2.17. The molecule has 0 saturated carbocycles. The van der Waals surface area contributed by atoms with Crippen molar-refractivity contribution in [2.24, 2.45) is 0 Å². The van der Waals surface area contributed by atoms with Crippen molar-refractivity contribution < 1.29 is 26.0 Å². The quantitative estimate of drug-likeness (QED) is 0.553. The zero-order valence-electron chi connectivity index (χ0n) is 16.0. The maximum Gasteiger partial charge on any atom is 0.261 e. The monoisotopic (exact) mass is 482 g/mol. The number of nitrogens with one attached hydrogen (secondary N) is 2. The number of amides is 1. The van der Waals surface area contributed by atoms with Gasteiger partial charge in [0.15, 0.2) is 9.84 Å². The number of anilines is 2. The zero-order valence-corrected chi connectivity index (χ0v) is 18.4. The fourth-order valence-corrected chi connectivity index (χ4v) is 4.97. The van der Waals surface area contributed by atoms with E-state index in [0.717, 1.165) is 18.4 Å². The molecule has 0 aliphatic heterocycles. The van der Waals surface area contributed by atoms with Crippen LogP contribution in [0.3, 0.4) is 0 Å². The Balaban J connectivity index is 1.77. The molecule has 0 bridgehead atoms. The summed E-state index contributed by atoms with van der Waals surface area (Å²) in [6, 6.07) is 14.1. The maximum absolute atomic E-state index is 13.3. The summed E-state index contributed by atoms with van der Waals surface area (Å²) < 4.78 is 63.9. The van der Waals surface area contributed by atoms with Gasteiger partial charge in [-0.3, -0.25) is 9.52 Å². The molecule has 0 fully saturated rings. The number of benzene rings is 3. The predicted octanol–water partition coefficient (Wildman–Crippen LogP) is 3.94. The number of hydrogen-bond acceptors (Lipinski definition) is 5. The van der Waals surface area contributed by atoms with Crippen molar-refractivity contribution in [1.82, 2.24) is 0 Å². The van der Waals surface area contributed by atoms with Crippen LogP contribution in [-0.2, 0) is 19.9 Å². The number of hydrogen-bond donors (Lipinski definition) is 2. The smallest absolute Gasteiger partial charge is 0.261 e. The van der Waals surface area contributed by atoms with Gasteiger partial charge in [-0.05, 0) is 60.7 Å². The molecule has 0 aliphatic rings. The summed E-state index contributed by atoms with van der Waals surface area (Å²) in [5.74, 6) is -1.19. The molecule has 3 aromatic rings. The van der Waals surface area contributed by atoms with E-state index in [-0.39, 0.29) is 31.8 Å². The van der Waals surface area contributed by atoms with Crippen molar-refractivity contribution in [2.45, 2.75) is 9.79 Å². The molecule has 162 valence electrons. The number of carbonyl (C=O) groups excluding carboxylic acids is 1. The number of rotatable bonds is 6. The number of halogens is 2. The van der Waals surface area contributed by atoms with Crippen LogP contribution in [0.25, 0.3) is 0 Å². The third-order valence-corrected chi connectivity index (χ3v) is 7.07. The lowest BCUT2D eigenvalue weighted by atomic mass is 10.2. The Morgan fingerprint density at radius 1 is 0.903 bits per heavy atom. The molecule has 0 saturated heterocycles. The van der Waals surface area contributed by atoms with Crippen LogP contribution in [0.1, 0.15) is 10.4 Å². The fraction of sp³-hybridized carbons (Fsp3) is 0.0500. The van der Waals surface area contributed by atoms with Crippen LogP contribution in [0, 0.1) is 5.82 Å². The van der Waals surface area contributed by atoms with Gasteiger partial charge in [-0.25, -0.2) is 21.2 Å². The van der Waals surface area contributed by atoms with Gasteiger partial charge >= 0.3 is 0 Å². The Morgan fingerprint density at radius 3 is 2.19 bits per heavy atom. The highest BCUT2D eigenvalue weighted by atomic mass is 35.5. The van der Waals surface area contributed by atoms with Gasteiger partial charge in [-0.15, -0.1) is 0 Å². The van der Waals surface area contributed by atoms with E-state index in [0.29, 0.717) is 0 Å². The normalized spacial score (nSPS) is 11.7. The second-order valence-electron chi connectivity index (χ2n) is 6.51. The van der Waals surface area contributed by atoms with Gasteiger partial charge < -0.3 is 5.32 Å². The topological polar surface area (TPSA) is 109 Å². The molecule has 0 heterocycles. The molecule has 0 unspecified atom stereocenters. The second-order valence-corrected chi connectivity index (χ2v) is 10.6. The fourth-order valence-electron chi connectivity index (χ4n) is 2.62. The number of sulfone groups is 1. The van der Waals surface area contributed by atoms with Crippen LogP contribution in [0.4, 0.5) is 15.8 Å². The minimum absolute atomic E-state index is 0.000549. The third-order valence-electron chi connectivity index (χ3n) is 4.09. The summed E-state index contributed by atoms with van der Waals surface area (Å²) in [7, 11) is -7.59. The highest BCUT2D eigenvalue weighted by Crippen LogP contribution is 2.24. The third kappa shape index (κ3) is 5.60. The predicted molar refractivity (Wildman–Crippen MR) is 116 cm³/mol. The van der Waals surface area contributed by atoms with Crippen LogP contribution >= 0.6 is 11.6 Å². The lowest BCUT2D eigenvalue weighted by Crippen LogP contribution is -2.14. The zero-order chi connectivity index (χ0) is 22.8. The van der Waals surface area contributed by atoms with Crippen LogP contribution in [-0.4, -0.2) is 29.0 Å². The van der Waals surface area contributed by atoms with Crippen molar-refractivity contribution >= 4 is 48.7 Å². The van der Waals surface area contributed by atoms with Crippen molar-refractivity contribution in [1.29, 1.82) is 0 Å². The SMILES string of the molecule is CS(=O)(=O)c1cc(C(=O)Nc2ccc(S(=O)(=O)Nc3cccc(F)c3)cc2)ccc1Cl. The van der Waals surface area contributed by atoms with E-state index in [4.69, 9.17) is 11.6 Å². The Morgan fingerprint density at radius 2 is 1.58 bits per heavy atom. The Kier molecular flexibility index (Phi) is 6.35. The summed E-state index contributed by atoms with van der Waals surface area (Å²) in [5.41, 5.74) is 0.418. The first-order valence-electron chi connectivity index (χ1n) is 8.65. The molecule has 31 heavy (non-hydrogen) atoms.